The number of carboxylic acid groups (broad SMARTS) is 1. The lowest BCUT2D eigenvalue weighted by Crippen LogP contribution is -2.43. The molecule has 0 fully saturated rings. The minimum absolute atomic E-state index is 0.0629. The van der Waals surface area contributed by atoms with Crippen LogP contribution in [0.2, 0.25) is 0 Å². The molecule has 0 bridgehead atoms. The predicted molar refractivity (Wildman–Crippen MR) is 74.1 cm³/mol. The Bertz CT molecular complexity index is 514. The zero-order chi connectivity index (χ0) is 14.4. The molecule has 2 heterocycles. The second-order valence-corrected chi connectivity index (χ2v) is 4.55. The van der Waals surface area contributed by atoms with Crippen LogP contribution in [0.1, 0.15) is 18.4 Å². The van der Waals surface area contributed by atoms with E-state index in [1.807, 2.05) is 12.1 Å². The summed E-state index contributed by atoms with van der Waals surface area (Å²) in [4.78, 5) is 28.0. The molecular formula is C14H17N3O3. The van der Waals surface area contributed by atoms with E-state index < -0.39 is 5.97 Å². The van der Waals surface area contributed by atoms with Gasteiger partial charge >= 0.3 is 12.0 Å². The van der Waals surface area contributed by atoms with Crippen LogP contribution in [0.3, 0.4) is 0 Å². The second kappa shape index (κ2) is 6.70. The summed E-state index contributed by atoms with van der Waals surface area (Å²) in [6.45, 7) is 1.33. The molecule has 0 atom stereocenters. The first-order valence-corrected chi connectivity index (χ1v) is 6.51. The van der Waals surface area contributed by atoms with Gasteiger partial charge in [-0.1, -0.05) is 6.08 Å². The van der Waals surface area contributed by atoms with Crippen molar-refractivity contribution in [2.45, 2.75) is 12.8 Å². The van der Waals surface area contributed by atoms with Crippen molar-refractivity contribution < 1.29 is 14.7 Å². The highest BCUT2D eigenvalue weighted by atomic mass is 16.4. The van der Waals surface area contributed by atoms with Crippen LogP contribution in [0, 0.1) is 0 Å². The monoisotopic (exact) mass is 275 g/mol. The molecule has 2 rings (SSSR count). The summed E-state index contributed by atoms with van der Waals surface area (Å²) in [5.74, 6) is -0.915. The van der Waals surface area contributed by atoms with Crippen LogP contribution < -0.4 is 5.32 Å². The van der Waals surface area contributed by atoms with Crippen LogP contribution in [0.5, 0.6) is 0 Å². The fourth-order valence-electron chi connectivity index (χ4n) is 2.08. The van der Waals surface area contributed by atoms with Crippen LogP contribution >= 0.6 is 0 Å². The molecule has 0 aliphatic carbocycles. The number of aromatic nitrogens is 1. The van der Waals surface area contributed by atoms with Crippen molar-refractivity contribution in [3.63, 3.8) is 0 Å². The van der Waals surface area contributed by atoms with Gasteiger partial charge in [-0.2, -0.15) is 0 Å². The molecule has 0 radical (unpaired) electrons. The molecule has 1 aliphatic rings. The van der Waals surface area contributed by atoms with Crippen molar-refractivity contribution in [1.29, 1.82) is 0 Å². The summed E-state index contributed by atoms with van der Waals surface area (Å²) in [7, 11) is 0. The number of amides is 2. The van der Waals surface area contributed by atoms with Crippen molar-refractivity contribution in [3.05, 3.63) is 36.2 Å². The molecule has 0 saturated heterocycles. The Morgan fingerprint density at radius 1 is 1.35 bits per heavy atom. The van der Waals surface area contributed by atoms with E-state index in [2.05, 4.69) is 16.4 Å². The van der Waals surface area contributed by atoms with Gasteiger partial charge in [0.05, 0.1) is 6.42 Å². The largest absolute Gasteiger partial charge is 0.481 e. The SMILES string of the molecule is O=C(O)CCNC(=O)N1CCC=C(c2ccncc2)C1. The number of aliphatic carboxylic acids is 1. The molecule has 1 aromatic heterocycles. The van der Waals surface area contributed by atoms with Gasteiger partial charge in [-0.3, -0.25) is 9.78 Å². The Kier molecular flexibility index (Phi) is 4.70. The maximum absolute atomic E-state index is 11.9. The van der Waals surface area contributed by atoms with Crippen molar-refractivity contribution in [2.75, 3.05) is 19.6 Å². The number of urea groups is 1. The maximum atomic E-state index is 11.9. The Morgan fingerprint density at radius 3 is 2.80 bits per heavy atom. The third-order valence-electron chi connectivity index (χ3n) is 3.10. The zero-order valence-electron chi connectivity index (χ0n) is 11.1. The summed E-state index contributed by atoms with van der Waals surface area (Å²) in [6, 6.07) is 3.61. The highest BCUT2D eigenvalue weighted by Crippen LogP contribution is 2.19. The fraction of sp³-hybridized carbons (Fsp3) is 0.357. The van der Waals surface area contributed by atoms with E-state index in [1.54, 1.807) is 17.3 Å². The standard InChI is InChI=1S/C14H17N3O3/c18-13(19)5-8-16-14(20)17-9-1-2-12(10-17)11-3-6-15-7-4-11/h2-4,6-7H,1,5,8-10H2,(H,16,20)(H,18,19). The first-order chi connectivity index (χ1) is 9.66. The Labute approximate surface area is 117 Å². The van der Waals surface area contributed by atoms with Crippen molar-refractivity contribution >= 4 is 17.6 Å². The highest BCUT2D eigenvalue weighted by Gasteiger charge is 2.18. The third kappa shape index (κ3) is 3.81. The first-order valence-electron chi connectivity index (χ1n) is 6.51. The quantitative estimate of drug-likeness (QED) is 0.869. The summed E-state index contributed by atoms with van der Waals surface area (Å²) < 4.78 is 0. The summed E-state index contributed by atoms with van der Waals surface area (Å²) in [5, 5.41) is 11.2. The molecule has 2 amide bonds. The van der Waals surface area contributed by atoms with Crippen LogP contribution in [0.4, 0.5) is 4.79 Å². The predicted octanol–water partition coefficient (Wildman–Crippen LogP) is 1.36. The molecule has 6 heteroatoms. The number of carboxylic acids is 1. The molecule has 6 nitrogen and oxygen atoms in total. The van der Waals surface area contributed by atoms with E-state index in [9.17, 15) is 9.59 Å². The van der Waals surface area contributed by atoms with Crippen molar-refractivity contribution in [1.82, 2.24) is 15.2 Å². The minimum Gasteiger partial charge on any atom is -0.481 e. The molecule has 1 aliphatic heterocycles. The normalized spacial score (nSPS) is 14.6. The van der Waals surface area contributed by atoms with Crippen molar-refractivity contribution in [2.24, 2.45) is 0 Å². The number of pyridine rings is 1. The summed E-state index contributed by atoms with van der Waals surface area (Å²) in [5.41, 5.74) is 2.15. The number of rotatable bonds is 4. The molecule has 0 unspecified atom stereocenters. The lowest BCUT2D eigenvalue weighted by molar-refractivity contribution is -0.136. The average Bonchev–Trinajstić information content (AvgIpc) is 2.48. The smallest absolute Gasteiger partial charge is 0.317 e. The van der Waals surface area contributed by atoms with E-state index >= 15 is 0 Å². The second-order valence-electron chi connectivity index (χ2n) is 4.55. The van der Waals surface area contributed by atoms with Gasteiger partial charge < -0.3 is 15.3 Å². The lowest BCUT2D eigenvalue weighted by atomic mass is 10.0. The van der Waals surface area contributed by atoms with Crippen LogP contribution in [-0.4, -0.2) is 46.6 Å². The number of nitrogens with one attached hydrogen (secondary N) is 1. The van der Waals surface area contributed by atoms with Crippen LogP contribution in [0.25, 0.3) is 5.57 Å². The van der Waals surface area contributed by atoms with Gasteiger partial charge in [0.15, 0.2) is 0 Å². The molecule has 0 aromatic carbocycles. The van der Waals surface area contributed by atoms with E-state index in [-0.39, 0.29) is 19.0 Å². The van der Waals surface area contributed by atoms with E-state index in [1.165, 1.54) is 0 Å². The van der Waals surface area contributed by atoms with Gasteiger partial charge in [0, 0.05) is 32.0 Å². The van der Waals surface area contributed by atoms with Gasteiger partial charge in [0.1, 0.15) is 0 Å². The molecular weight excluding hydrogens is 258 g/mol. The lowest BCUT2D eigenvalue weighted by Gasteiger charge is -2.27. The van der Waals surface area contributed by atoms with Crippen molar-refractivity contribution in [3.8, 4) is 0 Å². The molecule has 0 spiro atoms. The van der Waals surface area contributed by atoms with Crippen LogP contribution in [0.15, 0.2) is 30.6 Å². The van der Waals surface area contributed by atoms with Gasteiger partial charge in [-0.05, 0) is 29.7 Å². The third-order valence-corrected chi connectivity index (χ3v) is 3.10. The van der Waals surface area contributed by atoms with Crippen LogP contribution in [-0.2, 0) is 4.79 Å². The van der Waals surface area contributed by atoms with Gasteiger partial charge in [0.25, 0.3) is 0 Å². The molecule has 20 heavy (non-hydrogen) atoms. The molecule has 2 N–H and O–H groups in total. The van der Waals surface area contributed by atoms with Gasteiger partial charge in [-0.25, -0.2) is 4.79 Å². The first kappa shape index (κ1) is 14.0. The minimum atomic E-state index is -0.915. The molecule has 0 saturated carbocycles. The average molecular weight is 275 g/mol. The number of nitrogens with zero attached hydrogens (tertiary/aromatic N) is 2. The summed E-state index contributed by atoms with van der Waals surface area (Å²) in [6.07, 6.45) is 6.30. The number of hydrogen-bond donors (Lipinski definition) is 2. The molecule has 106 valence electrons. The van der Waals surface area contributed by atoms with E-state index in [4.69, 9.17) is 5.11 Å². The highest BCUT2D eigenvalue weighted by molar-refractivity contribution is 5.79. The number of hydrogen-bond acceptors (Lipinski definition) is 3. The Balaban J connectivity index is 1.91. The van der Waals surface area contributed by atoms with Gasteiger partial charge in [0.2, 0.25) is 0 Å². The van der Waals surface area contributed by atoms with E-state index in [0.717, 1.165) is 17.6 Å². The fourth-order valence-corrected chi connectivity index (χ4v) is 2.08. The Hall–Kier alpha value is -2.37. The zero-order valence-corrected chi connectivity index (χ0v) is 11.1. The number of carbonyl (C=O) groups excluding carboxylic acids is 1. The maximum Gasteiger partial charge on any atom is 0.317 e. The number of carbonyl (C=O) groups is 2. The Morgan fingerprint density at radius 2 is 2.10 bits per heavy atom. The van der Waals surface area contributed by atoms with Gasteiger partial charge in [-0.15, -0.1) is 0 Å². The topological polar surface area (TPSA) is 82.5 Å². The summed E-state index contributed by atoms with van der Waals surface area (Å²) >= 11 is 0. The van der Waals surface area contributed by atoms with E-state index in [0.29, 0.717) is 13.1 Å². The molecule has 1 aromatic rings.